The fourth-order valence-corrected chi connectivity index (χ4v) is 2.83. The summed E-state index contributed by atoms with van der Waals surface area (Å²) in [5, 5.41) is 3.23. The highest BCUT2D eigenvalue weighted by atomic mass is 15.3. The third-order valence-corrected chi connectivity index (χ3v) is 4.39. The van der Waals surface area contributed by atoms with Gasteiger partial charge in [0.25, 0.3) is 0 Å². The molecule has 2 aromatic rings. The monoisotopic (exact) mass is 327 g/mol. The van der Waals surface area contributed by atoms with Gasteiger partial charge in [0, 0.05) is 51.3 Å². The van der Waals surface area contributed by atoms with Crippen molar-refractivity contribution in [3.05, 3.63) is 42.0 Å². The van der Waals surface area contributed by atoms with E-state index in [-0.39, 0.29) is 0 Å². The van der Waals surface area contributed by atoms with E-state index in [1.807, 2.05) is 12.3 Å². The van der Waals surface area contributed by atoms with Crippen molar-refractivity contribution in [2.45, 2.75) is 20.0 Å². The quantitative estimate of drug-likeness (QED) is 0.825. The number of pyridine rings is 1. The largest absolute Gasteiger partial charge is 0.382 e. The normalized spacial score (nSPS) is 16.2. The lowest BCUT2D eigenvalue weighted by atomic mass is 10.2. The predicted octanol–water partition coefficient (Wildman–Crippen LogP) is 1.20. The van der Waals surface area contributed by atoms with E-state index in [9.17, 15) is 0 Å². The summed E-state index contributed by atoms with van der Waals surface area (Å²) >= 11 is 0. The Bertz CT molecular complexity index is 636. The average Bonchev–Trinajstić information content (AvgIpc) is 2.63. The molecule has 7 nitrogen and oxygen atoms in total. The fraction of sp³-hybridized carbons (Fsp3) is 0.471. The van der Waals surface area contributed by atoms with E-state index in [4.69, 9.17) is 5.73 Å². The molecular weight excluding hydrogens is 302 g/mol. The van der Waals surface area contributed by atoms with Crippen LogP contribution in [0.15, 0.2) is 30.7 Å². The minimum atomic E-state index is 0.452. The molecule has 24 heavy (non-hydrogen) atoms. The van der Waals surface area contributed by atoms with Crippen molar-refractivity contribution >= 4 is 11.6 Å². The number of nitrogens with two attached hydrogens (primary N) is 1. The Hall–Kier alpha value is -2.25. The van der Waals surface area contributed by atoms with Crippen molar-refractivity contribution in [2.24, 2.45) is 0 Å². The van der Waals surface area contributed by atoms with Crippen LogP contribution in [0.3, 0.4) is 0 Å². The summed E-state index contributed by atoms with van der Waals surface area (Å²) in [4.78, 5) is 17.7. The van der Waals surface area contributed by atoms with Crippen LogP contribution < -0.4 is 11.1 Å². The molecule has 1 fully saturated rings. The maximum Gasteiger partial charge on any atom is 0.146 e. The van der Waals surface area contributed by atoms with Gasteiger partial charge in [0.2, 0.25) is 0 Å². The van der Waals surface area contributed by atoms with Gasteiger partial charge >= 0.3 is 0 Å². The Morgan fingerprint density at radius 2 is 1.79 bits per heavy atom. The molecule has 0 saturated carbocycles. The second-order valence-electron chi connectivity index (χ2n) is 6.00. The fourth-order valence-electron chi connectivity index (χ4n) is 2.83. The maximum atomic E-state index is 5.79. The number of aromatic nitrogens is 3. The number of likely N-dealkylation sites (N-methyl/N-ethyl adjacent to an activating group) is 1. The van der Waals surface area contributed by atoms with Gasteiger partial charge in [-0.25, -0.2) is 9.97 Å². The first-order chi connectivity index (χ1) is 11.7. The molecular formula is C17H25N7. The molecule has 0 unspecified atom stereocenters. The summed E-state index contributed by atoms with van der Waals surface area (Å²) in [6, 6.07) is 4.13. The third-order valence-electron chi connectivity index (χ3n) is 4.39. The molecule has 0 bridgehead atoms. The topological polar surface area (TPSA) is 83.2 Å². The number of nitrogens with zero attached hydrogens (tertiary/aromatic N) is 5. The molecule has 0 aliphatic carbocycles. The summed E-state index contributed by atoms with van der Waals surface area (Å²) in [5.74, 6) is 1.27. The minimum Gasteiger partial charge on any atom is -0.382 e. The Kier molecular flexibility index (Phi) is 5.55. The van der Waals surface area contributed by atoms with Crippen LogP contribution in [-0.2, 0) is 13.1 Å². The van der Waals surface area contributed by atoms with E-state index in [1.165, 1.54) is 5.56 Å². The summed E-state index contributed by atoms with van der Waals surface area (Å²) in [7, 11) is 0. The zero-order chi connectivity index (χ0) is 16.8. The number of rotatable bonds is 6. The van der Waals surface area contributed by atoms with Gasteiger partial charge in [-0.3, -0.25) is 9.88 Å². The van der Waals surface area contributed by atoms with Gasteiger partial charge < -0.3 is 16.0 Å². The van der Waals surface area contributed by atoms with Crippen molar-refractivity contribution in [3.8, 4) is 0 Å². The molecule has 1 aliphatic heterocycles. The van der Waals surface area contributed by atoms with Crippen molar-refractivity contribution in [3.63, 3.8) is 0 Å². The Labute approximate surface area is 142 Å². The maximum absolute atomic E-state index is 5.79. The van der Waals surface area contributed by atoms with Gasteiger partial charge in [0.1, 0.15) is 17.3 Å². The molecule has 3 N–H and O–H groups in total. The summed E-state index contributed by atoms with van der Waals surface area (Å²) in [6.45, 7) is 9.41. The number of nitrogens with one attached hydrogen (secondary N) is 1. The van der Waals surface area contributed by atoms with Gasteiger partial charge in [-0.2, -0.15) is 0 Å². The van der Waals surface area contributed by atoms with Crippen molar-refractivity contribution in [1.29, 1.82) is 0 Å². The standard InChI is InChI=1S/C17H25N7/c1-2-23-7-9-24(10-8-23)13-14-3-4-16(21-11-14)22-12-15-17(18)20-6-5-19-15/h3-6,11H,2,7-10,12-13H2,1H3,(H2,18,20)(H,21,22). The van der Waals surface area contributed by atoms with Gasteiger partial charge in [-0.05, 0) is 18.2 Å². The second kappa shape index (κ2) is 8.03. The van der Waals surface area contributed by atoms with Crippen molar-refractivity contribution in [2.75, 3.05) is 43.8 Å². The van der Waals surface area contributed by atoms with E-state index in [0.29, 0.717) is 12.4 Å². The highest BCUT2D eigenvalue weighted by Crippen LogP contribution is 2.12. The average molecular weight is 327 g/mol. The molecule has 2 aromatic heterocycles. The minimum absolute atomic E-state index is 0.452. The van der Waals surface area contributed by atoms with Gasteiger partial charge in [0.05, 0.1) is 6.54 Å². The van der Waals surface area contributed by atoms with Crippen LogP contribution >= 0.6 is 0 Å². The summed E-state index contributed by atoms with van der Waals surface area (Å²) in [5.41, 5.74) is 7.76. The van der Waals surface area contributed by atoms with Crippen LogP contribution in [0, 0.1) is 0 Å². The molecule has 0 aromatic carbocycles. The molecule has 1 saturated heterocycles. The number of hydrogen-bond acceptors (Lipinski definition) is 7. The first kappa shape index (κ1) is 16.6. The molecule has 3 heterocycles. The SMILES string of the molecule is CCN1CCN(Cc2ccc(NCc3nccnc3N)nc2)CC1. The van der Waals surface area contributed by atoms with E-state index < -0.39 is 0 Å². The zero-order valence-corrected chi connectivity index (χ0v) is 14.1. The number of nitrogen functional groups attached to an aromatic ring is 1. The van der Waals surface area contributed by atoms with Crippen LogP contribution in [0.25, 0.3) is 0 Å². The lowest BCUT2D eigenvalue weighted by Gasteiger charge is -2.33. The van der Waals surface area contributed by atoms with Crippen LogP contribution in [0.5, 0.6) is 0 Å². The summed E-state index contributed by atoms with van der Waals surface area (Å²) in [6.07, 6.45) is 5.17. The second-order valence-corrected chi connectivity index (χ2v) is 6.00. The van der Waals surface area contributed by atoms with Crippen LogP contribution in [0.4, 0.5) is 11.6 Å². The van der Waals surface area contributed by atoms with E-state index in [1.54, 1.807) is 12.4 Å². The first-order valence-corrected chi connectivity index (χ1v) is 8.43. The molecule has 1 aliphatic rings. The lowest BCUT2D eigenvalue weighted by molar-refractivity contribution is 0.132. The van der Waals surface area contributed by atoms with E-state index in [0.717, 1.165) is 50.8 Å². The van der Waals surface area contributed by atoms with Gasteiger partial charge in [-0.1, -0.05) is 13.0 Å². The Morgan fingerprint density at radius 3 is 2.46 bits per heavy atom. The van der Waals surface area contributed by atoms with Crippen LogP contribution in [-0.4, -0.2) is 57.5 Å². The van der Waals surface area contributed by atoms with Crippen LogP contribution in [0.1, 0.15) is 18.2 Å². The molecule has 0 atom stereocenters. The molecule has 128 valence electrons. The number of hydrogen-bond donors (Lipinski definition) is 2. The molecule has 0 spiro atoms. The van der Waals surface area contributed by atoms with E-state index >= 15 is 0 Å². The Morgan fingerprint density at radius 1 is 1.04 bits per heavy atom. The highest BCUT2D eigenvalue weighted by molar-refractivity contribution is 5.40. The Balaban J connectivity index is 1.49. The lowest BCUT2D eigenvalue weighted by Crippen LogP contribution is -2.45. The molecule has 7 heteroatoms. The van der Waals surface area contributed by atoms with Gasteiger partial charge in [0.15, 0.2) is 0 Å². The molecule has 0 amide bonds. The smallest absolute Gasteiger partial charge is 0.146 e. The van der Waals surface area contributed by atoms with Crippen molar-refractivity contribution in [1.82, 2.24) is 24.8 Å². The zero-order valence-electron chi connectivity index (χ0n) is 14.1. The first-order valence-electron chi connectivity index (χ1n) is 8.43. The number of piperazine rings is 1. The van der Waals surface area contributed by atoms with E-state index in [2.05, 4.69) is 43.1 Å². The molecule has 0 radical (unpaired) electrons. The summed E-state index contributed by atoms with van der Waals surface area (Å²) < 4.78 is 0. The number of anilines is 2. The van der Waals surface area contributed by atoms with Gasteiger partial charge in [-0.15, -0.1) is 0 Å². The third kappa shape index (κ3) is 4.39. The predicted molar refractivity (Wildman–Crippen MR) is 95.4 cm³/mol. The molecule has 3 rings (SSSR count). The van der Waals surface area contributed by atoms with Crippen LogP contribution in [0.2, 0.25) is 0 Å². The highest BCUT2D eigenvalue weighted by Gasteiger charge is 2.15. The van der Waals surface area contributed by atoms with Crippen molar-refractivity contribution < 1.29 is 0 Å².